The maximum absolute atomic E-state index is 12.9. The van der Waals surface area contributed by atoms with Crippen LogP contribution in [0.2, 0.25) is 0 Å². The van der Waals surface area contributed by atoms with Crippen molar-refractivity contribution < 1.29 is 17.6 Å². The van der Waals surface area contributed by atoms with Gasteiger partial charge in [0, 0.05) is 23.6 Å². The van der Waals surface area contributed by atoms with Crippen LogP contribution in [-0.4, -0.2) is 15.2 Å². The van der Waals surface area contributed by atoms with E-state index in [1.54, 1.807) is 12.4 Å². The van der Waals surface area contributed by atoms with E-state index in [0.29, 0.717) is 12.0 Å². The van der Waals surface area contributed by atoms with E-state index in [0.717, 1.165) is 28.8 Å². The van der Waals surface area contributed by atoms with E-state index >= 15 is 0 Å². The molecule has 0 aliphatic heterocycles. The van der Waals surface area contributed by atoms with Gasteiger partial charge in [-0.1, -0.05) is 35.9 Å². The number of benzene rings is 2. The molecule has 0 unspecified atom stereocenters. The zero-order valence-corrected chi connectivity index (χ0v) is 16.2. The average Bonchev–Trinajstić information content (AvgIpc) is 3.22. The van der Waals surface area contributed by atoms with Gasteiger partial charge in [-0.05, 0) is 59.5 Å². The number of halogens is 3. The van der Waals surface area contributed by atoms with Crippen LogP contribution in [-0.2, 0) is 12.6 Å². The molecule has 8 heteroatoms. The van der Waals surface area contributed by atoms with Crippen molar-refractivity contribution in [3.8, 4) is 11.5 Å². The van der Waals surface area contributed by atoms with Gasteiger partial charge in [-0.15, -0.1) is 5.10 Å². The normalized spacial score (nSPS) is 11.3. The maximum atomic E-state index is 12.9. The van der Waals surface area contributed by atoms with E-state index in [1.165, 1.54) is 12.1 Å². The molecule has 1 N–H and O–H groups in total. The minimum Gasteiger partial charge on any atom is -0.403 e. The molecule has 4 rings (SSSR count). The summed E-state index contributed by atoms with van der Waals surface area (Å²) in [6, 6.07) is 16.0. The third-order valence-electron chi connectivity index (χ3n) is 4.57. The minimum atomic E-state index is -4.44. The van der Waals surface area contributed by atoms with E-state index in [9.17, 15) is 13.2 Å². The van der Waals surface area contributed by atoms with Gasteiger partial charge in [-0.25, -0.2) is 0 Å². The number of nitrogens with zero attached hydrogens (tertiary/aromatic N) is 3. The number of pyridine rings is 1. The van der Waals surface area contributed by atoms with Crippen LogP contribution in [0.1, 0.15) is 16.7 Å². The first-order chi connectivity index (χ1) is 14.9. The highest BCUT2D eigenvalue weighted by atomic mass is 19.4. The Labute approximate surface area is 176 Å². The smallest absolute Gasteiger partial charge is 0.403 e. The molecule has 0 saturated carbocycles. The van der Waals surface area contributed by atoms with Crippen LogP contribution in [0.5, 0.6) is 0 Å². The SMILES string of the molecule is C=C(Cc1ccncc1)c1ccccc1-c1nnc(Nc2cccc(C(F)(F)F)c2)o1. The highest BCUT2D eigenvalue weighted by Crippen LogP contribution is 2.33. The summed E-state index contributed by atoms with van der Waals surface area (Å²) >= 11 is 0. The van der Waals surface area contributed by atoms with Crippen molar-refractivity contribution in [3.63, 3.8) is 0 Å². The van der Waals surface area contributed by atoms with Crippen LogP contribution in [0, 0.1) is 0 Å². The molecule has 5 nitrogen and oxygen atoms in total. The highest BCUT2D eigenvalue weighted by molar-refractivity contribution is 5.78. The Morgan fingerprint density at radius 1 is 0.968 bits per heavy atom. The lowest BCUT2D eigenvalue weighted by Gasteiger charge is -2.10. The zero-order chi connectivity index (χ0) is 21.8. The summed E-state index contributed by atoms with van der Waals surface area (Å²) in [6.07, 6.45) is -0.384. The first kappa shape index (κ1) is 20.3. The monoisotopic (exact) mass is 422 g/mol. The second kappa shape index (κ2) is 8.43. The number of aromatic nitrogens is 3. The van der Waals surface area contributed by atoms with Gasteiger partial charge < -0.3 is 9.73 Å². The van der Waals surface area contributed by atoms with Crippen molar-refractivity contribution in [2.45, 2.75) is 12.6 Å². The van der Waals surface area contributed by atoms with Crippen molar-refractivity contribution in [2.24, 2.45) is 0 Å². The van der Waals surface area contributed by atoms with Crippen LogP contribution in [0.15, 0.2) is 84.1 Å². The summed E-state index contributed by atoms with van der Waals surface area (Å²) in [5.41, 5.74) is 2.87. The number of anilines is 2. The number of allylic oxidation sites excluding steroid dienone is 1. The second-order valence-electron chi connectivity index (χ2n) is 6.80. The largest absolute Gasteiger partial charge is 0.416 e. The third kappa shape index (κ3) is 4.80. The van der Waals surface area contributed by atoms with Crippen molar-refractivity contribution in [2.75, 3.05) is 5.32 Å². The molecule has 0 bridgehead atoms. The van der Waals surface area contributed by atoms with E-state index in [4.69, 9.17) is 4.42 Å². The fraction of sp³-hybridized carbons (Fsp3) is 0.0870. The maximum Gasteiger partial charge on any atom is 0.416 e. The molecule has 0 amide bonds. The first-order valence-corrected chi connectivity index (χ1v) is 9.34. The molecule has 0 spiro atoms. The summed E-state index contributed by atoms with van der Waals surface area (Å²) in [4.78, 5) is 4.01. The number of hydrogen-bond acceptors (Lipinski definition) is 5. The fourth-order valence-corrected chi connectivity index (χ4v) is 3.10. The molecular weight excluding hydrogens is 405 g/mol. The van der Waals surface area contributed by atoms with Crippen molar-refractivity contribution in [1.82, 2.24) is 15.2 Å². The van der Waals surface area contributed by atoms with Crippen LogP contribution >= 0.6 is 0 Å². The Balaban J connectivity index is 1.57. The Bertz CT molecular complexity index is 1200. The predicted octanol–water partition coefficient (Wildman–Crippen LogP) is 6.15. The van der Waals surface area contributed by atoms with Gasteiger partial charge in [0.05, 0.1) is 5.56 Å². The Morgan fingerprint density at radius 3 is 2.52 bits per heavy atom. The van der Waals surface area contributed by atoms with Crippen LogP contribution in [0.4, 0.5) is 24.9 Å². The second-order valence-corrected chi connectivity index (χ2v) is 6.80. The summed E-state index contributed by atoms with van der Waals surface area (Å²) in [6.45, 7) is 4.18. The molecule has 4 aromatic rings. The number of rotatable bonds is 6. The minimum absolute atomic E-state index is 0.0103. The third-order valence-corrected chi connectivity index (χ3v) is 4.57. The first-order valence-electron chi connectivity index (χ1n) is 9.34. The molecule has 0 atom stereocenters. The lowest BCUT2D eigenvalue weighted by Crippen LogP contribution is -2.05. The van der Waals surface area contributed by atoms with Crippen LogP contribution < -0.4 is 5.32 Å². The standard InChI is InChI=1S/C23H17F3N4O/c1-15(13-16-9-11-27-12-10-16)19-7-2-3-8-20(19)21-29-30-22(31-21)28-18-6-4-5-17(14-18)23(24,25)26/h2-12,14H,1,13H2,(H,28,30). The Hall–Kier alpha value is -3.94. The van der Waals surface area contributed by atoms with Crippen molar-refractivity contribution >= 4 is 17.3 Å². The zero-order valence-electron chi connectivity index (χ0n) is 16.2. The van der Waals surface area contributed by atoms with Gasteiger partial charge >= 0.3 is 12.2 Å². The molecule has 31 heavy (non-hydrogen) atoms. The van der Waals surface area contributed by atoms with Gasteiger partial charge in [-0.3, -0.25) is 4.98 Å². The molecule has 2 heterocycles. The topological polar surface area (TPSA) is 63.8 Å². The van der Waals surface area contributed by atoms with Gasteiger partial charge in [0.25, 0.3) is 0 Å². The Morgan fingerprint density at radius 2 is 1.74 bits per heavy atom. The van der Waals surface area contributed by atoms with Crippen molar-refractivity contribution in [1.29, 1.82) is 0 Å². The molecule has 2 aromatic heterocycles. The quantitative estimate of drug-likeness (QED) is 0.404. The lowest BCUT2D eigenvalue weighted by atomic mass is 9.96. The molecule has 2 aromatic carbocycles. The van der Waals surface area contributed by atoms with E-state index in [2.05, 4.69) is 27.1 Å². The molecule has 156 valence electrons. The molecule has 0 aliphatic carbocycles. The van der Waals surface area contributed by atoms with Crippen LogP contribution in [0.3, 0.4) is 0 Å². The summed E-state index contributed by atoms with van der Waals surface area (Å²) in [7, 11) is 0. The lowest BCUT2D eigenvalue weighted by molar-refractivity contribution is -0.137. The highest BCUT2D eigenvalue weighted by Gasteiger charge is 2.30. The molecular formula is C23H17F3N4O. The number of alkyl halides is 3. The number of hydrogen-bond donors (Lipinski definition) is 1. The van der Waals surface area contributed by atoms with Gasteiger partial charge in [0.15, 0.2) is 0 Å². The number of nitrogens with one attached hydrogen (secondary N) is 1. The van der Waals surface area contributed by atoms with E-state index in [-0.39, 0.29) is 17.6 Å². The van der Waals surface area contributed by atoms with Crippen LogP contribution in [0.25, 0.3) is 17.0 Å². The average molecular weight is 422 g/mol. The van der Waals surface area contributed by atoms with E-state index < -0.39 is 11.7 Å². The Kier molecular flexibility index (Phi) is 5.53. The molecule has 0 aliphatic rings. The fourth-order valence-electron chi connectivity index (χ4n) is 3.10. The van der Waals surface area contributed by atoms with Gasteiger partial charge in [0.2, 0.25) is 5.89 Å². The molecule has 0 fully saturated rings. The van der Waals surface area contributed by atoms with E-state index in [1.807, 2.05) is 36.4 Å². The molecule has 0 saturated heterocycles. The van der Waals surface area contributed by atoms with Gasteiger partial charge in [-0.2, -0.15) is 13.2 Å². The summed E-state index contributed by atoms with van der Waals surface area (Å²) < 4.78 is 44.4. The van der Waals surface area contributed by atoms with Crippen molar-refractivity contribution in [3.05, 3.63) is 96.3 Å². The van der Waals surface area contributed by atoms with Gasteiger partial charge in [0.1, 0.15) is 0 Å². The summed E-state index contributed by atoms with van der Waals surface area (Å²) in [5.74, 6) is 0.237. The molecule has 0 radical (unpaired) electrons. The summed E-state index contributed by atoms with van der Waals surface area (Å²) in [5, 5.41) is 10.7. The predicted molar refractivity (Wildman–Crippen MR) is 111 cm³/mol.